The number of nitrogens with zero attached hydrogens (tertiary/aromatic N) is 1. The van der Waals surface area contributed by atoms with Crippen LogP contribution in [0.3, 0.4) is 0 Å². The number of hydrogen-bond donors (Lipinski definition) is 2. The van der Waals surface area contributed by atoms with Crippen LogP contribution in [0.5, 0.6) is 0 Å². The number of nitrogens with two attached hydrogens (primary N) is 1. The van der Waals surface area contributed by atoms with Gasteiger partial charge in [-0.3, -0.25) is 0 Å². The van der Waals surface area contributed by atoms with E-state index in [0.29, 0.717) is 5.56 Å². The maximum atomic E-state index is 11.6. The Morgan fingerprint density at radius 2 is 1.60 bits per heavy atom. The lowest BCUT2D eigenvalue weighted by atomic mass is 9.90. The summed E-state index contributed by atoms with van der Waals surface area (Å²) in [5.41, 5.74) is 6.24. The van der Waals surface area contributed by atoms with E-state index in [-0.39, 0.29) is 6.54 Å². The van der Waals surface area contributed by atoms with Crippen LogP contribution in [0.4, 0.5) is 5.69 Å². The Balaban J connectivity index is 2.29. The second kappa shape index (κ2) is 5.75. The van der Waals surface area contributed by atoms with Crippen LogP contribution in [-0.4, -0.2) is 24.7 Å². The van der Waals surface area contributed by atoms with Crippen LogP contribution >= 0.6 is 0 Å². The van der Waals surface area contributed by atoms with Crippen molar-refractivity contribution in [1.82, 2.24) is 0 Å². The smallest absolute Gasteiger partial charge is 0.330 e. The summed E-state index contributed by atoms with van der Waals surface area (Å²) in [6.45, 7) is 0.191. The van der Waals surface area contributed by atoms with Crippen LogP contribution in [0.2, 0.25) is 0 Å². The van der Waals surface area contributed by atoms with Crippen molar-refractivity contribution in [2.75, 3.05) is 18.5 Å². The zero-order valence-corrected chi connectivity index (χ0v) is 11.4. The number of benzene rings is 2. The van der Waals surface area contributed by atoms with E-state index in [1.165, 1.54) is 0 Å². The number of para-hydroxylation sites is 1. The van der Waals surface area contributed by atoms with Crippen LogP contribution in [0, 0.1) is 0 Å². The van der Waals surface area contributed by atoms with Crippen molar-refractivity contribution >= 4 is 11.7 Å². The summed E-state index contributed by atoms with van der Waals surface area (Å²) >= 11 is 0. The van der Waals surface area contributed by atoms with Crippen LogP contribution in [-0.2, 0) is 10.3 Å². The second-order valence-corrected chi connectivity index (χ2v) is 4.83. The minimum atomic E-state index is -1.44. The van der Waals surface area contributed by atoms with Gasteiger partial charge in [0.15, 0.2) is 5.54 Å². The number of carboxylic acids is 1. The van der Waals surface area contributed by atoms with E-state index >= 15 is 0 Å². The van der Waals surface area contributed by atoms with E-state index < -0.39 is 11.5 Å². The quantitative estimate of drug-likeness (QED) is 0.872. The molecular formula is C16H18N2O2. The summed E-state index contributed by atoms with van der Waals surface area (Å²) in [4.78, 5) is 13.5. The lowest BCUT2D eigenvalue weighted by Gasteiger charge is -2.31. The highest BCUT2D eigenvalue weighted by Gasteiger charge is 2.37. The molecule has 3 N–H and O–H groups in total. The number of rotatable bonds is 5. The molecule has 0 bridgehead atoms. The van der Waals surface area contributed by atoms with Gasteiger partial charge in [-0.15, -0.1) is 0 Å². The van der Waals surface area contributed by atoms with Crippen molar-refractivity contribution in [3.05, 3.63) is 66.2 Å². The molecule has 0 aliphatic carbocycles. The summed E-state index contributed by atoms with van der Waals surface area (Å²) < 4.78 is 0. The fourth-order valence-corrected chi connectivity index (χ4v) is 2.17. The number of aliphatic carboxylic acids is 1. The summed E-state index contributed by atoms with van der Waals surface area (Å²) in [5, 5.41) is 9.53. The Bertz CT molecular complexity index is 572. The lowest BCUT2D eigenvalue weighted by Crippen LogP contribution is -2.52. The van der Waals surface area contributed by atoms with Crippen LogP contribution in [0.25, 0.3) is 0 Å². The number of likely N-dealkylation sites (N-methyl/N-ethyl adjacent to an activating group) is 1. The molecule has 0 aliphatic heterocycles. The van der Waals surface area contributed by atoms with E-state index in [9.17, 15) is 9.90 Å². The van der Waals surface area contributed by atoms with Gasteiger partial charge in [-0.1, -0.05) is 48.5 Å². The number of anilines is 1. The molecule has 0 saturated carbocycles. The molecule has 1 unspecified atom stereocenters. The molecule has 0 radical (unpaired) electrons. The fourth-order valence-electron chi connectivity index (χ4n) is 2.17. The van der Waals surface area contributed by atoms with Crippen LogP contribution < -0.4 is 10.6 Å². The molecule has 4 heteroatoms. The topological polar surface area (TPSA) is 66.6 Å². The van der Waals surface area contributed by atoms with Gasteiger partial charge in [0.1, 0.15) is 0 Å². The molecule has 104 valence electrons. The highest BCUT2D eigenvalue weighted by atomic mass is 16.4. The van der Waals surface area contributed by atoms with Gasteiger partial charge in [0.25, 0.3) is 0 Å². The molecule has 0 aliphatic rings. The first-order valence-electron chi connectivity index (χ1n) is 6.38. The van der Waals surface area contributed by atoms with Crippen molar-refractivity contribution in [2.45, 2.75) is 5.54 Å². The summed E-state index contributed by atoms with van der Waals surface area (Å²) in [6, 6.07) is 18.5. The second-order valence-electron chi connectivity index (χ2n) is 4.83. The molecule has 4 nitrogen and oxygen atoms in total. The molecule has 0 saturated heterocycles. The zero-order valence-electron chi connectivity index (χ0n) is 11.4. The maximum Gasteiger partial charge on any atom is 0.330 e. The molecule has 2 aromatic carbocycles. The molecule has 0 fully saturated rings. The molecule has 0 spiro atoms. The van der Waals surface area contributed by atoms with E-state index in [1.807, 2.05) is 48.3 Å². The Kier molecular flexibility index (Phi) is 4.05. The van der Waals surface area contributed by atoms with Gasteiger partial charge < -0.3 is 15.7 Å². The predicted molar refractivity (Wildman–Crippen MR) is 79.7 cm³/mol. The first kappa shape index (κ1) is 14.1. The highest BCUT2D eigenvalue weighted by Crippen LogP contribution is 2.22. The third kappa shape index (κ3) is 2.81. The van der Waals surface area contributed by atoms with Crippen molar-refractivity contribution in [3.63, 3.8) is 0 Å². The maximum absolute atomic E-state index is 11.6. The van der Waals surface area contributed by atoms with Gasteiger partial charge in [0.05, 0.1) is 6.54 Å². The molecule has 0 heterocycles. The SMILES string of the molecule is CN(CC(N)(C(=O)O)c1ccccc1)c1ccccc1. The summed E-state index contributed by atoms with van der Waals surface area (Å²) in [7, 11) is 1.84. The molecule has 0 amide bonds. The number of carbonyl (C=O) groups is 1. The molecule has 2 rings (SSSR count). The minimum absolute atomic E-state index is 0.191. The first-order chi connectivity index (χ1) is 9.54. The third-order valence-corrected chi connectivity index (χ3v) is 3.35. The average molecular weight is 270 g/mol. The van der Waals surface area contributed by atoms with Gasteiger partial charge in [-0.05, 0) is 17.7 Å². The molecule has 1 atom stereocenters. The monoisotopic (exact) mass is 270 g/mol. The van der Waals surface area contributed by atoms with Crippen LogP contribution in [0.15, 0.2) is 60.7 Å². The number of carboxylic acid groups (broad SMARTS) is 1. The Morgan fingerprint density at radius 3 is 2.10 bits per heavy atom. The largest absolute Gasteiger partial charge is 0.480 e. The standard InChI is InChI=1S/C16H18N2O2/c1-18(14-10-6-3-7-11-14)12-16(17,15(19)20)13-8-4-2-5-9-13/h2-11H,12,17H2,1H3,(H,19,20). The summed E-state index contributed by atoms with van der Waals surface area (Å²) in [6.07, 6.45) is 0. The van der Waals surface area contributed by atoms with Crippen molar-refractivity contribution in [1.29, 1.82) is 0 Å². The molecule has 2 aromatic rings. The minimum Gasteiger partial charge on any atom is -0.480 e. The van der Waals surface area contributed by atoms with Gasteiger partial charge in [0, 0.05) is 12.7 Å². The molecular weight excluding hydrogens is 252 g/mol. The third-order valence-electron chi connectivity index (χ3n) is 3.35. The fraction of sp³-hybridized carbons (Fsp3) is 0.188. The van der Waals surface area contributed by atoms with E-state index in [1.54, 1.807) is 24.3 Å². The normalized spacial score (nSPS) is 13.5. The van der Waals surface area contributed by atoms with Crippen molar-refractivity contribution < 1.29 is 9.90 Å². The predicted octanol–water partition coefficient (Wildman–Crippen LogP) is 2.06. The first-order valence-corrected chi connectivity index (χ1v) is 6.38. The highest BCUT2D eigenvalue weighted by molar-refractivity contribution is 5.81. The van der Waals surface area contributed by atoms with Crippen molar-refractivity contribution in [3.8, 4) is 0 Å². The lowest BCUT2D eigenvalue weighted by molar-refractivity contribution is -0.143. The van der Waals surface area contributed by atoms with E-state index in [0.717, 1.165) is 5.69 Å². The van der Waals surface area contributed by atoms with Gasteiger partial charge in [0.2, 0.25) is 0 Å². The average Bonchev–Trinajstić information content (AvgIpc) is 2.48. The van der Waals surface area contributed by atoms with E-state index in [4.69, 9.17) is 5.73 Å². The molecule has 0 aromatic heterocycles. The van der Waals surface area contributed by atoms with Gasteiger partial charge in [-0.25, -0.2) is 4.79 Å². The Hall–Kier alpha value is -2.33. The van der Waals surface area contributed by atoms with Crippen LogP contribution in [0.1, 0.15) is 5.56 Å². The zero-order chi connectivity index (χ0) is 14.6. The number of hydrogen-bond acceptors (Lipinski definition) is 3. The Labute approximate surface area is 118 Å². The molecule has 20 heavy (non-hydrogen) atoms. The van der Waals surface area contributed by atoms with Gasteiger partial charge >= 0.3 is 5.97 Å². The van der Waals surface area contributed by atoms with Gasteiger partial charge in [-0.2, -0.15) is 0 Å². The summed E-state index contributed by atoms with van der Waals surface area (Å²) in [5.74, 6) is -1.04. The Morgan fingerprint density at radius 1 is 1.10 bits per heavy atom. The van der Waals surface area contributed by atoms with Crippen molar-refractivity contribution in [2.24, 2.45) is 5.73 Å². The van der Waals surface area contributed by atoms with E-state index in [2.05, 4.69) is 0 Å².